The van der Waals surface area contributed by atoms with Crippen LogP contribution in [-0.4, -0.2) is 58.0 Å². The van der Waals surface area contributed by atoms with Crippen molar-refractivity contribution in [1.29, 1.82) is 0 Å². The Kier molecular flexibility index (Phi) is 6.00. The third-order valence-corrected chi connectivity index (χ3v) is 8.14. The van der Waals surface area contributed by atoms with Crippen molar-refractivity contribution in [3.05, 3.63) is 0 Å². The summed E-state index contributed by atoms with van der Waals surface area (Å²) in [6, 6.07) is 0. The molecule has 0 spiro atoms. The Bertz CT molecular complexity index is 671. The highest BCUT2D eigenvalue weighted by atomic mass is 32.2. The van der Waals surface area contributed by atoms with Crippen LogP contribution in [0.15, 0.2) is 4.99 Å². The molecule has 1 N–H and O–H groups in total. The fraction of sp³-hybridized carbons (Fsp3) is 0.864. The number of amides is 2. The lowest BCUT2D eigenvalue weighted by Crippen LogP contribution is -2.43. The zero-order valence-corrected chi connectivity index (χ0v) is 18.9. The monoisotopic (exact) mass is 421 g/mol. The van der Waals surface area contributed by atoms with Gasteiger partial charge >= 0.3 is 6.09 Å². The van der Waals surface area contributed by atoms with E-state index in [2.05, 4.69) is 10.3 Å². The van der Waals surface area contributed by atoms with Gasteiger partial charge in [-0.05, 0) is 84.0 Å². The van der Waals surface area contributed by atoms with Crippen molar-refractivity contribution in [3.8, 4) is 0 Å². The van der Waals surface area contributed by atoms with E-state index in [0.717, 1.165) is 36.8 Å². The fourth-order valence-corrected chi connectivity index (χ4v) is 6.50. The van der Waals surface area contributed by atoms with E-state index >= 15 is 0 Å². The van der Waals surface area contributed by atoms with Crippen molar-refractivity contribution >= 4 is 28.8 Å². The summed E-state index contributed by atoms with van der Waals surface area (Å²) in [6.07, 6.45) is 9.09. The van der Waals surface area contributed by atoms with Gasteiger partial charge in [-0.3, -0.25) is 4.79 Å². The van der Waals surface area contributed by atoms with E-state index in [0.29, 0.717) is 24.5 Å². The topological polar surface area (TPSA) is 71.0 Å². The third kappa shape index (κ3) is 5.16. The first-order chi connectivity index (χ1) is 13.7. The van der Waals surface area contributed by atoms with Crippen LogP contribution < -0.4 is 5.32 Å². The van der Waals surface area contributed by atoms with E-state index in [1.807, 2.05) is 20.8 Å². The summed E-state index contributed by atoms with van der Waals surface area (Å²) in [5.41, 5.74) is -0.135. The van der Waals surface area contributed by atoms with E-state index < -0.39 is 5.60 Å². The van der Waals surface area contributed by atoms with Crippen molar-refractivity contribution in [2.75, 3.05) is 19.6 Å². The number of thioether (sulfide) groups is 1. The van der Waals surface area contributed by atoms with Gasteiger partial charge in [0.25, 0.3) is 5.91 Å². The van der Waals surface area contributed by atoms with Crippen LogP contribution >= 0.6 is 11.8 Å². The van der Waals surface area contributed by atoms with Gasteiger partial charge < -0.3 is 15.0 Å². The highest BCUT2D eigenvalue weighted by Gasteiger charge is 2.44. The van der Waals surface area contributed by atoms with Gasteiger partial charge in [0.2, 0.25) is 0 Å². The summed E-state index contributed by atoms with van der Waals surface area (Å²) >= 11 is 1.67. The minimum atomic E-state index is -0.458. The molecule has 7 heteroatoms. The molecule has 6 nitrogen and oxygen atoms in total. The Morgan fingerprint density at radius 2 is 1.93 bits per heavy atom. The van der Waals surface area contributed by atoms with Crippen LogP contribution in [0.2, 0.25) is 0 Å². The Morgan fingerprint density at radius 1 is 1.24 bits per heavy atom. The molecule has 1 atom stereocenters. The van der Waals surface area contributed by atoms with E-state index in [4.69, 9.17) is 4.74 Å². The second-order valence-corrected chi connectivity index (χ2v) is 11.7. The van der Waals surface area contributed by atoms with Crippen LogP contribution in [0, 0.1) is 11.8 Å². The van der Waals surface area contributed by atoms with Crippen LogP contribution in [0.4, 0.5) is 4.79 Å². The standard InChI is InChI=1S/C22H35N3O3S/c1-21(2,3)28-20(27)25-10-6-15(7-11-25)12-17-19(26)24-18(29-17)14-23-22-8-4-16(13-22)5-9-22/h15-17,23H,4-14H2,1-3H3. The van der Waals surface area contributed by atoms with Gasteiger partial charge in [-0.15, -0.1) is 0 Å². The SMILES string of the molecule is CC(C)(C)OC(=O)N1CCC(CC2SC(CNC34CCC(CC3)C4)=NC2=O)CC1. The van der Waals surface area contributed by atoms with Gasteiger partial charge in [-0.2, -0.15) is 0 Å². The second-order valence-electron chi connectivity index (χ2n) is 10.4. The first-order valence-corrected chi connectivity index (χ1v) is 12.1. The molecule has 2 aliphatic heterocycles. The molecule has 29 heavy (non-hydrogen) atoms. The molecule has 0 aromatic heterocycles. The number of likely N-dealkylation sites (tertiary alicyclic amines) is 1. The second kappa shape index (κ2) is 8.22. The molecule has 0 radical (unpaired) electrons. The van der Waals surface area contributed by atoms with E-state index in [1.54, 1.807) is 16.7 Å². The fourth-order valence-electron chi connectivity index (χ4n) is 5.35. The number of aliphatic imine (C=N–C) groups is 1. The Labute approximate surface area is 178 Å². The highest BCUT2D eigenvalue weighted by Crippen LogP contribution is 2.47. The smallest absolute Gasteiger partial charge is 0.410 e. The lowest BCUT2D eigenvalue weighted by molar-refractivity contribution is -0.117. The number of nitrogens with zero attached hydrogens (tertiary/aromatic N) is 2. The van der Waals surface area contributed by atoms with Gasteiger partial charge in [0.1, 0.15) is 5.60 Å². The summed E-state index contributed by atoms with van der Waals surface area (Å²) in [4.78, 5) is 30.8. The summed E-state index contributed by atoms with van der Waals surface area (Å²) < 4.78 is 5.47. The summed E-state index contributed by atoms with van der Waals surface area (Å²) in [6.45, 7) is 7.85. The van der Waals surface area contributed by atoms with Crippen LogP contribution in [0.5, 0.6) is 0 Å². The molecule has 2 aliphatic carbocycles. The normalized spacial score (nSPS) is 32.7. The van der Waals surface area contributed by atoms with Crippen LogP contribution in [-0.2, 0) is 9.53 Å². The maximum Gasteiger partial charge on any atom is 0.410 e. The maximum absolute atomic E-state index is 12.4. The molecule has 0 aromatic carbocycles. The van der Waals surface area contributed by atoms with E-state index in [9.17, 15) is 9.59 Å². The summed E-state index contributed by atoms with van der Waals surface area (Å²) in [5, 5.41) is 4.68. The molecule has 2 bridgehead atoms. The zero-order chi connectivity index (χ0) is 20.6. The predicted octanol–water partition coefficient (Wildman–Crippen LogP) is 3.99. The zero-order valence-electron chi connectivity index (χ0n) is 18.0. The van der Waals surface area contributed by atoms with E-state index in [1.165, 1.54) is 32.1 Å². The van der Waals surface area contributed by atoms with Gasteiger partial charge in [-0.1, -0.05) is 11.8 Å². The number of carbonyl (C=O) groups excluding carboxylic acids is 2. The van der Waals surface area contributed by atoms with Crippen molar-refractivity contribution < 1.29 is 14.3 Å². The molecule has 162 valence electrons. The Balaban J connectivity index is 1.19. The van der Waals surface area contributed by atoms with Crippen LogP contribution in [0.3, 0.4) is 0 Å². The minimum absolute atomic E-state index is 0.0367. The average molecular weight is 422 g/mol. The number of rotatable bonds is 5. The lowest BCUT2D eigenvalue weighted by Gasteiger charge is -2.34. The number of hydrogen-bond donors (Lipinski definition) is 1. The molecule has 1 saturated heterocycles. The molecular weight excluding hydrogens is 386 g/mol. The molecule has 2 amide bonds. The largest absolute Gasteiger partial charge is 0.444 e. The molecule has 4 aliphatic rings. The van der Waals surface area contributed by atoms with Gasteiger partial charge in [0.05, 0.1) is 10.3 Å². The number of hydrogen-bond acceptors (Lipinski definition) is 5. The average Bonchev–Trinajstić information content (AvgIpc) is 3.35. The number of carbonyl (C=O) groups is 2. The number of nitrogens with one attached hydrogen (secondary N) is 1. The third-order valence-electron chi connectivity index (χ3n) is 6.96. The first kappa shape index (κ1) is 21.2. The van der Waals surface area contributed by atoms with Crippen molar-refractivity contribution in [1.82, 2.24) is 10.2 Å². The minimum Gasteiger partial charge on any atom is -0.444 e. The van der Waals surface area contributed by atoms with E-state index in [-0.39, 0.29) is 17.3 Å². The molecule has 1 unspecified atom stereocenters. The molecule has 2 saturated carbocycles. The summed E-state index contributed by atoms with van der Waals surface area (Å²) in [5.74, 6) is 1.43. The lowest BCUT2D eigenvalue weighted by atomic mass is 9.92. The van der Waals surface area contributed by atoms with Crippen LogP contribution in [0.1, 0.15) is 72.1 Å². The quantitative estimate of drug-likeness (QED) is 0.727. The molecule has 3 fully saturated rings. The summed E-state index contributed by atoms with van der Waals surface area (Å²) in [7, 11) is 0. The molecule has 0 aromatic rings. The van der Waals surface area contributed by atoms with Gasteiger partial charge in [0.15, 0.2) is 0 Å². The van der Waals surface area contributed by atoms with Crippen molar-refractivity contribution in [2.45, 2.75) is 88.5 Å². The Morgan fingerprint density at radius 3 is 2.52 bits per heavy atom. The number of fused-ring (bicyclic) bond motifs is 2. The van der Waals surface area contributed by atoms with Crippen molar-refractivity contribution in [2.24, 2.45) is 16.8 Å². The Hall–Kier alpha value is -1.08. The maximum atomic E-state index is 12.4. The molecular formula is C22H35N3O3S. The molecule has 4 rings (SSSR count). The molecule has 2 heterocycles. The first-order valence-electron chi connectivity index (χ1n) is 11.2. The predicted molar refractivity (Wildman–Crippen MR) is 116 cm³/mol. The van der Waals surface area contributed by atoms with Crippen molar-refractivity contribution in [3.63, 3.8) is 0 Å². The number of ether oxygens (including phenoxy) is 1. The highest BCUT2D eigenvalue weighted by molar-refractivity contribution is 8.15. The van der Waals surface area contributed by atoms with Gasteiger partial charge in [-0.25, -0.2) is 9.79 Å². The number of piperidine rings is 1. The van der Waals surface area contributed by atoms with Crippen LogP contribution in [0.25, 0.3) is 0 Å². The van der Waals surface area contributed by atoms with Gasteiger partial charge in [0, 0.05) is 25.2 Å².